The largest absolute Gasteiger partial charge is 0.494 e. The number of ether oxygens (including phenoxy) is 1. The minimum Gasteiger partial charge on any atom is -0.494 e. The molecule has 0 radical (unpaired) electrons. The Labute approximate surface area is 235 Å². The van der Waals surface area contributed by atoms with E-state index in [1.54, 1.807) is 29.7 Å². The number of unbranched alkanes of at least 4 members (excludes halogenated alkanes) is 4. The van der Waals surface area contributed by atoms with Gasteiger partial charge in [-0.2, -0.15) is 0 Å². The summed E-state index contributed by atoms with van der Waals surface area (Å²) in [4.78, 5) is 36.1. The van der Waals surface area contributed by atoms with Crippen molar-refractivity contribution in [3.63, 3.8) is 0 Å². The van der Waals surface area contributed by atoms with Crippen molar-refractivity contribution in [1.29, 1.82) is 5.41 Å². The molecule has 0 spiro atoms. The Morgan fingerprint density at radius 1 is 1.07 bits per heavy atom. The van der Waals surface area contributed by atoms with Gasteiger partial charge in [0.1, 0.15) is 11.8 Å². The van der Waals surface area contributed by atoms with E-state index in [1.807, 2.05) is 13.8 Å². The maximum absolute atomic E-state index is 13.0. The third-order valence-corrected chi connectivity index (χ3v) is 5.84. The topological polar surface area (TPSA) is 211 Å². The van der Waals surface area contributed by atoms with Gasteiger partial charge in [0, 0.05) is 12.2 Å². The normalized spacial score (nSPS) is 12.2. The highest BCUT2D eigenvalue weighted by atomic mass is 16.7. The summed E-state index contributed by atoms with van der Waals surface area (Å²) in [6.45, 7) is 6.64. The van der Waals surface area contributed by atoms with E-state index in [0.29, 0.717) is 24.5 Å². The summed E-state index contributed by atoms with van der Waals surface area (Å²) < 4.78 is 5.73. The van der Waals surface area contributed by atoms with Crippen molar-refractivity contribution in [3.05, 3.63) is 34.4 Å². The Kier molecular flexibility index (Phi) is 16.8. The smallest absolute Gasteiger partial charge is 0.475 e. The number of carbonyl (C=O) groups is 2. The summed E-state index contributed by atoms with van der Waals surface area (Å²) in [5.41, 5.74) is 2.15. The number of nitrogens with zero attached hydrogens (tertiary/aromatic N) is 1. The van der Waals surface area contributed by atoms with E-state index >= 15 is 0 Å². The molecule has 8 N–H and O–H groups in total. The molecule has 0 aliphatic rings. The average Bonchev–Trinajstić information content (AvgIpc) is 2.87. The number of guanidine groups is 1. The van der Waals surface area contributed by atoms with Gasteiger partial charge in [0.25, 0.3) is 5.96 Å². The fraction of sp³-hybridized carbons (Fsp3) is 0.640. The van der Waals surface area contributed by atoms with Gasteiger partial charge in [-0.1, -0.05) is 51.9 Å². The molecule has 14 nitrogen and oxygen atoms in total. The van der Waals surface area contributed by atoms with Gasteiger partial charge in [-0.25, -0.2) is 14.9 Å². The average molecular weight is 565 g/mol. The fourth-order valence-electron chi connectivity index (χ4n) is 3.82. The number of hydrazine groups is 1. The van der Waals surface area contributed by atoms with Crippen molar-refractivity contribution in [1.82, 2.24) is 21.4 Å². The third kappa shape index (κ3) is 15.7. The quantitative estimate of drug-likeness (QED) is 0.0308. The summed E-state index contributed by atoms with van der Waals surface area (Å²) in [7, 11) is -1.78. The first kappa shape index (κ1) is 34.4. The Morgan fingerprint density at radius 2 is 1.75 bits per heavy atom. The molecule has 40 heavy (non-hydrogen) atoms. The van der Waals surface area contributed by atoms with E-state index in [2.05, 4.69) is 28.2 Å². The highest BCUT2D eigenvalue weighted by Gasteiger charge is 2.29. The zero-order valence-electron chi connectivity index (χ0n) is 23.6. The molecule has 0 saturated heterocycles. The Bertz CT molecular complexity index is 919. The van der Waals surface area contributed by atoms with E-state index in [9.17, 15) is 29.8 Å². The number of nitrogens with one attached hydrogen (secondary N) is 6. The molecule has 2 atom stereocenters. The highest BCUT2D eigenvalue weighted by molar-refractivity contribution is 6.43. The zero-order chi connectivity index (χ0) is 29.9. The van der Waals surface area contributed by atoms with Gasteiger partial charge in [-0.15, -0.1) is 0 Å². The van der Waals surface area contributed by atoms with Gasteiger partial charge in [-0.05, 0) is 55.9 Å². The molecular formula is C25H44BN7O7. The van der Waals surface area contributed by atoms with Crippen molar-refractivity contribution < 1.29 is 29.4 Å². The van der Waals surface area contributed by atoms with Crippen molar-refractivity contribution >= 4 is 30.7 Å². The first-order valence-corrected chi connectivity index (χ1v) is 13.7. The lowest BCUT2D eigenvalue weighted by Gasteiger charge is -2.24. The number of hydrogen-bond donors (Lipinski definition) is 8. The third-order valence-electron chi connectivity index (χ3n) is 5.84. The summed E-state index contributed by atoms with van der Waals surface area (Å²) in [6, 6.07) is 5.14. The van der Waals surface area contributed by atoms with Crippen molar-refractivity contribution in [3.8, 4) is 5.75 Å². The molecule has 0 bridgehead atoms. The lowest BCUT2D eigenvalue weighted by molar-refractivity contribution is -0.525. The molecule has 0 aliphatic heterocycles. The Morgan fingerprint density at radius 3 is 2.35 bits per heavy atom. The highest BCUT2D eigenvalue weighted by Crippen LogP contribution is 2.16. The minimum absolute atomic E-state index is 0.0686. The van der Waals surface area contributed by atoms with Crippen LogP contribution in [-0.4, -0.2) is 65.2 Å². The predicted octanol–water partition coefficient (Wildman–Crippen LogP) is 2.15. The molecular weight excluding hydrogens is 521 g/mol. The van der Waals surface area contributed by atoms with Gasteiger partial charge in [-0.3, -0.25) is 10.2 Å². The van der Waals surface area contributed by atoms with Crippen LogP contribution in [0.15, 0.2) is 24.3 Å². The maximum atomic E-state index is 13.0. The number of amides is 3. The molecule has 0 aliphatic carbocycles. The predicted molar refractivity (Wildman–Crippen MR) is 153 cm³/mol. The molecule has 0 aromatic heterocycles. The molecule has 224 valence electrons. The van der Waals surface area contributed by atoms with Gasteiger partial charge < -0.3 is 36.1 Å². The molecule has 0 unspecified atom stereocenters. The van der Waals surface area contributed by atoms with E-state index in [0.717, 1.165) is 12.8 Å². The van der Waals surface area contributed by atoms with Crippen molar-refractivity contribution in [2.24, 2.45) is 5.92 Å². The second-order valence-corrected chi connectivity index (χ2v) is 9.91. The van der Waals surface area contributed by atoms with Crippen LogP contribution in [0, 0.1) is 21.4 Å². The van der Waals surface area contributed by atoms with Gasteiger partial charge in [0.05, 0.1) is 12.5 Å². The summed E-state index contributed by atoms with van der Waals surface area (Å²) in [5.74, 6) is -1.31. The number of rotatable bonds is 19. The van der Waals surface area contributed by atoms with Crippen LogP contribution in [0.3, 0.4) is 0 Å². The minimum atomic E-state index is -1.78. The van der Waals surface area contributed by atoms with Gasteiger partial charge >= 0.3 is 13.1 Å². The molecule has 15 heteroatoms. The standard InChI is InChI=1S/C25H44BN7O7/c1-4-5-6-7-8-16-40-20-13-11-19(12-14-20)29-25(35)30-21(10-9-15-28-24(27)32-33(38)39)23(34)31-22(26(36)37)17-18(2)3/h11-14,18,21-22,36-37H,4-10,15-17H2,1-3H3,(H,31,34)(H3,27,28,32)(H2,29,30,35)/t21-,22-/m0/s1. The van der Waals surface area contributed by atoms with Crippen LogP contribution in [0.4, 0.5) is 10.5 Å². The zero-order valence-corrected chi connectivity index (χ0v) is 23.6. The molecule has 0 heterocycles. The first-order chi connectivity index (χ1) is 19.0. The lowest BCUT2D eigenvalue weighted by atomic mass is 9.75. The molecule has 3 amide bonds. The van der Waals surface area contributed by atoms with Crippen LogP contribution in [0.5, 0.6) is 5.75 Å². The van der Waals surface area contributed by atoms with Crippen LogP contribution in [0.1, 0.15) is 72.1 Å². The second kappa shape index (κ2) is 19.5. The van der Waals surface area contributed by atoms with Crippen molar-refractivity contribution in [2.45, 2.75) is 84.1 Å². The lowest BCUT2D eigenvalue weighted by Crippen LogP contribution is -2.55. The number of carbonyl (C=O) groups excluding carboxylic acids is 2. The van der Waals surface area contributed by atoms with Crippen LogP contribution in [0.2, 0.25) is 0 Å². The van der Waals surface area contributed by atoms with Crippen LogP contribution >= 0.6 is 0 Å². The molecule has 0 fully saturated rings. The number of benzene rings is 1. The molecule has 1 rings (SSSR count). The molecule has 1 aromatic carbocycles. The van der Waals surface area contributed by atoms with Crippen LogP contribution in [0.25, 0.3) is 0 Å². The van der Waals surface area contributed by atoms with Gasteiger partial charge in [0.15, 0.2) is 5.03 Å². The van der Waals surface area contributed by atoms with E-state index in [4.69, 9.17) is 10.1 Å². The van der Waals surface area contributed by atoms with E-state index in [-0.39, 0.29) is 25.3 Å². The maximum Gasteiger partial charge on any atom is 0.475 e. The summed E-state index contributed by atoms with van der Waals surface area (Å²) in [6.07, 6.45) is 6.36. The van der Waals surface area contributed by atoms with Crippen LogP contribution < -0.4 is 31.4 Å². The Balaban J connectivity index is 2.71. The summed E-state index contributed by atoms with van der Waals surface area (Å²) in [5, 5.41) is 46.7. The second-order valence-electron chi connectivity index (χ2n) is 9.91. The van der Waals surface area contributed by atoms with Crippen molar-refractivity contribution in [2.75, 3.05) is 18.5 Å². The van der Waals surface area contributed by atoms with E-state index < -0.39 is 42.0 Å². The fourth-order valence-corrected chi connectivity index (χ4v) is 3.82. The number of nitro groups is 1. The Hall–Kier alpha value is -3.59. The molecule has 0 saturated carbocycles. The molecule has 1 aromatic rings. The SMILES string of the molecule is CCCCCCCOc1ccc(NC(=O)N[C@@H](CCCNC(=N)N[N+](=O)[O-])C(=O)N[C@@H](CC(C)C)B(O)O)cc1. The van der Waals surface area contributed by atoms with Crippen LogP contribution in [-0.2, 0) is 4.79 Å². The van der Waals surface area contributed by atoms with E-state index in [1.165, 1.54) is 19.3 Å². The number of anilines is 1. The van der Waals surface area contributed by atoms with Gasteiger partial charge in [0.2, 0.25) is 5.91 Å². The number of urea groups is 1. The monoisotopic (exact) mass is 565 g/mol. The first-order valence-electron chi connectivity index (χ1n) is 13.7. The number of hydrogen-bond acceptors (Lipinski definition) is 8. The summed E-state index contributed by atoms with van der Waals surface area (Å²) >= 11 is 0.